The van der Waals surface area contributed by atoms with Gasteiger partial charge in [0.25, 0.3) is 5.91 Å². The molecule has 1 amide bonds. The lowest BCUT2D eigenvalue weighted by Crippen LogP contribution is -2.12. The molecule has 0 bridgehead atoms. The minimum absolute atomic E-state index is 0.0101. The fourth-order valence-electron chi connectivity index (χ4n) is 2.64. The molecule has 0 atom stereocenters. The number of phenols is 1. The first-order valence-electron chi connectivity index (χ1n) is 7.96. The molecule has 1 heterocycles. The molecule has 4 rings (SSSR count). The molecule has 5 nitrogen and oxygen atoms in total. The normalized spacial score (nSPS) is 10.9. The van der Waals surface area contributed by atoms with E-state index in [-0.39, 0.29) is 22.2 Å². The van der Waals surface area contributed by atoms with E-state index in [1.807, 2.05) is 18.2 Å². The Morgan fingerprint density at radius 3 is 2.63 bits per heavy atom. The van der Waals surface area contributed by atoms with E-state index in [2.05, 4.69) is 10.3 Å². The van der Waals surface area contributed by atoms with E-state index in [4.69, 9.17) is 27.6 Å². The van der Waals surface area contributed by atoms with Crippen molar-refractivity contribution < 1.29 is 14.3 Å². The number of nitrogens with one attached hydrogen (secondary N) is 1. The highest BCUT2D eigenvalue weighted by molar-refractivity contribution is 6.37. The number of carbonyl (C=O) groups is 1. The van der Waals surface area contributed by atoms with Gasteiger partial charge in [-0.1, -0.05) is 35.3 Å². The monoisotopic (exact) mass is 398 g/mol. The van der Waals surface area contributed by atoms with Crippen LogP contribution in [0.25, 0.3) is 22.6 Å². The smallest absolute Gasteiger partial charge is 0.257 e. The number of anilines is 1. The molecule has 1 aromatic heterocycles. The molecular formula is C20H12Cl2N2O3. The fourth-order valence-corrected chi connectivity index (χ4v) is 3.14. The van der Waals surface area contributed by atoms with Crippen molar-refractivity contribution in [1.82, 2.24) is 4.98 Å². The summed E-state index contributed by atoms with van der Waals surface area (Å²) >= 11 is 11.9. The Hall–Kier alpha value is -3.02. The van der Waals surface area contributed by atoms with Crippen LogP contribution in [-0.2, 0) is 0 Å². The summed E-state index contributed by atoms with van der Waals surface area (Å²) in [5.74, 6) is -0.149. The molecule has 0 unspecified atom stereocenters. The number of phenolic OH excluding ortho intramolecular Hbond substituents is 1. The van der Waals surface area contributed by atoms with Gasteiger partial charge in [-0.3, -0.25) is 4.79 Å². The van der Waals surface area contributed by atoms with E-state index >= 15 is 0 Å². The molecule has 0 saturated carbocycles. The van der Waals surface area contributed by atoms with Crippen molar-refractivity contribution in [2.75, 3.05) is 5.32 Å². The van der Waals surface area contributed by atoms with Gasteiger partial charge < -0.3 is 14.8 Å². The van der Waals surface area contributed by atoms with E-state index in [1.54, 1.807) is 30.3 Å². The van der Waals surface area contributed by atoms with Crippen LogP contribution in [0.3, 0.4) is 0 Å². The molecule has 3 aromatic carbocycles. The lowest BCUT2D eigenvalue weighted by atomic mass is 10.1. The van der Waals surface area contributed by atoms with E-state index in [0.717, 1.165) is 0 Å². The van der Waals surface area contributed by atoms with Gasteiger partial charge in [0.2, 0.25) is 5.89 Å². The van der Waals surface area contributed by atoms with Crippen LogP contribution >= 0.6 is 23.2 Å². The second-order valence-corrected chi connectivity index (χ2v) is 6.64. The Morgan fingerprint density at radius 1 is 1.04 bits per heavy atom. The minimum Gasteiger partial charge on any atom is -0.507 e. The molecular weight excluding hydrogens is 387 g/mol. The molecule has 27 heavy (non-hydrogen) atoms. The highest BCUT2D eigenvalue weighted by Crippen LogP contribution is 2.33. The van der Waals surface area contributed by atoms with Crippen LogP contribution in [0.15, 0.2) is 65.1 Å². The average molecular weight is 399 g/mol. The Bertz CT molecular complexity index is 1140. The minimum atomic E-state index is -0.397. The highest BCUT2D eigenvalue weighted by atomic mass is 35.5. The van der Waals surface area contributed by atoms with Crippen molar-refractivity contribution >= 4 is 45.9 Å². The van der Waals surface area contributed by atoms with Crippen LogP contribution in [0.2, 0.25) is 10.0 Å². The number of carbonyl (C=O) groups excluding carboxylic acids is 1. The molecule has 7 heteroatoms. The average Bonchev–Trinajstić information content (AvgIpc) is 3.07. The molecule has 0 spiro atoms. The van der Waals surface area contributed by atoms with Crippen LogP contribution in [0, 0.1) is 0 Å². The lowest BCUT2D eigenvalue weighted by Gasteiger charge is -2.09. The Kier molecular flexibility index (Phi) is 4.48. The van der Waals surface area contributed by atoms with Crippen LogP contribution in [0.1, 0.15) is 10.4 Å². The number of fused-ring (bicyclic) bond motifs is 1. The van der Waals surface area contributed by atoms with Gasteiger partial charge in [-0.2, -0.15) is 0 Å². The SMILES string of the molecule is O=C(Nc1ccc(O)c(-c2nc3ccccc3o2)c1)c1ccc(Cl)cc1Cl. The van der Waals surface area contributed by atoms with Gasteiger partial charge in [0.05, 0.1) is 16.1 Å². The van der Waals surface area contributed by atoms with Crippen molar-refractivity contribution in [3.63, 3.8) is 0 Å². The number of hydrogen-bond donors (Lipinski definition) is 2. The van der Waals surface area contributed by atoms with Crippen molar-refractivity contribution in [1.29, 1.82) is 0 Å². The van der Waals surface area contributed by atoms with E-state index < -0.39 is 5.91 Å². The maximum absolute atomic E-state index is 12.5. The number of aromatic hydroxyl groups is 1. The quantitative estimate of drug-likeness (QED) is 0.430. The van der Waals surface area contributed by atoms with E-state index in [1.165, 1.54) is 12.1 Å². The van der Waals surface area contributed by atoms with Crippen LogP contribution < -0.4 is 5.32 Å². The third-order valence-corrected chi connectivity index (χ3v) is 4.50. The number of halogens is 2. The number of para-hydroxylation sites is 2. The van der Waals surface area contributed by atoms with Crippen LogP contribution in [0.4, 0.5) is 5.69 Å². The molecule has 0 aliphatic carbocycles. The number of hydrogen-bond acceptors (Lipinski definition) is 4. The van der Waals surface area contributed by atoms with Gasteiger partial charge in [-0.15, -0.1) is 0 Å². The molecule has 4 aromatic rings. The first-order chi connectivity index (χ1) is 13.0. The topological polar surface area (TPSA) is 75.4 Å². The predicted molar refractivity (Wildman–Crippen MR) is 106 cm³/mol. The second kappa shape index (κ2) is 6.95. The fraction of sp³-hybridized carbons (Fsp3) is 0. The molecule has 0 aliphatic rings. The predicted octanol–water partition coefficient (Wildman–Crippen LogP) is 5.76. The maximum Gasteiger partial charge on any atom is 0.257 e. The van der Waals surface area contributed by atoms with Gasteiger partial charge in [-0.25, -0.2) is 4.98 Å². The lowest BCUT2D eigenvalue weighted by molar-refractivity contribution is 0.102. The second-order valence-electron chi connectivity index (χ2n) is 5.80. The van der Waals surface area contributed by atoms with E-state index in [0.29, 0.717) is 27.4 Å². The van der Waals surface area contributed by atoms with Crippen molar-refractivity contribution in [2.45, 2.75) is 0 Å². The van der Waals surface area contributed by atoms with Gasteiger partial charge in [0.1, 0.15) is 11.3 Å². The summed E-state index contributed by atoms with van der Waals surface area (Å²) in [7, 11) is 0. The number of aromatic nitrogens is 1. The molecule has 134 valence electrons. The third kappa shape index (κ3) is 3.47. The molecule has 0 aliphatic heterocycles. The Morgan fingerprint density at radius 2 is 1.85 bits per heavy atom. The summed E-state index contributed by atoms with van der Waals surface area (Å²) in [4.78, 5) is 16.9. The summed E-state index contributed by atoms with van der Waals surface area (Å²) in [5.41, 5.74) is 2.40. The van der Waals surface area contributed by atoms with Crippen LogP contribution in [0.5, 0.6) is 5.75 Å². The maximum atomic E-state index is 12.5. The zero-order chi connectivity index (χ0) is 19.0. The van der Waals surface area contributed by atoms with Gasteiger partial charge in [0, 0.05) is 10.7 Å². The largest absolute Gasteiger partial charge is 0.507 e. The standard InChI is InChI=1S/C20H12Cl2N2O3/c21-11-5-7-13(15(22)9-11)19(26)23-12-6-8-17(25)14(10-12)20-24-16-3-1-2-4-18(16)27-20/h1-10,25H,(H,23,26). The van der Waals surface area contributed by atoms with Crippen LogP contribution in [-0.4, -0.2) is 16.0 Å². The first kappa shape index (κ1) is 17.4. The highest BCUT2D eigenvalue weighted by Gasteiger charge is 2.15. The zero-order valence-electron chi connectivity index (χ0n) is 13.7. The van der Waals surface area contributed by atoms with Crippen molar-refractivity contribution in [2.24, 2.45) is 0 Å². The zero-order valence-corrected chi connectivity index (χ0v) is 15.3. The van der Waals surface area contributed by atoms with E-state index in [9.17, 15) is 9.90 Å². The number of nitrogens with zero attached hydrogens (tertiary/aromatic N) is 1. The molecule has 2 N–H and O–H groups in total. The summed E-state index contributed by atoms with van der Waals surface area (Å²) in [6, 6.07) is 16.5. The summed E-state index contributed by atoms with van der Waals surface area (Å²) in [5, 5.41) is 13.6. The molecule has 0 radical (unpaired) electrons. The number of benzene rings is 3. The van der Waals surface area contributed by atoms with Gasteiger partial charge in [0.15, 0.2) is 5.58 Å². The number of amides is 1. The van der Waals surface area contributed by atoms with Gasteiger partial charge in [-0.05, 0) is 48.5 Å². The Labute approximate surface area is 164 Å². The van der Waals surface area contributed by atoms with Crippen molar-refractivity contribution in [3.8, 4) is 17.2 Å². The molecule has 0 saturated heterocycles. The van der Waals surface area contributed by atoms with Crippen molar-refractivity contribution in [3.05, 3.63) is 76.3 Å². The number of rotatable bonds is 3. The third-order valence-electron chi connectivity index (χ3n) is 3.95. The summed E-state index contributed by atoms with van der Waals surface area (Å²) in [6.45, 7) is 0. The number of oxazole rings is 1. The summed E-state index contributed by atoms with van der Waals surface area (Å²) in [6.07, 6.45) is 0. The Balaban J connectivity index is 1.67. The van der Waals surface area contributed by atoms with Gasteiger partial charge >= 0.3 is 0 Å². The molecule has 0 fully saturated rings. The first-order valence-corrected chi connectivity index (χ1v) is 8.72. The summed E-state index contributed by atoms with van der Waals surface area (Å²) < 4.78 is 5.69.